The Kier molecular flexibility index (Phi) is 5.39. The Morgan fingerprint density at radius 2 is 1.75 bits per heavy atom. The summed E-state index contributed by atoms with van der Waals surface area (Å²) in [7, 11) is 0. The lowest BCUT2D eigenvalue weighted by Gasteiger charge is -2.12. The molecule has 0 bridgehead atoms. The molecule has 0 saturated carbocycles. The van der Waals surface area contributed by atoms with Gasteiger partial charge in [0, 0.05) is 0 Å². The highest BCUT2D eigenvalue weighted by Gasteiger charge is 2.01. The fraction of sp³-hybridized carbons (Fsp3) is 0.222. The molecule has 0 unspecified atom stereocenters. The van der Waals surface area contributed by atoms with E-state index in [2.05, 4.69) is 61.8 Å². The lowest BCUT2D eigenvalue weighted by molar-refractivity contribution is 0.0645. The lowest BCUT2D eigenvalue weighted by atomic mass is 10.1. The van der Waals surface area contributed by atoms with Crippen LogP contribution < -0.4 is 5.48 Å². The molecule has 2 rings (SSSR count). The molecule has 0 saturated heterocycles. The summed E-state index contributed by atoms with van der Waals surface area (Å²) in [6.45, 7) is 4.76. The van der Waals surface area contributed by atoms with E-state index in [1.54, 1.807) is 0 Å². The first-order valence-corrected chi connectivity index (χ1v) is 6.98. The summed E-state index contributed by atoms with van der Waals surface area (Å²) in [6.07, 6.45) is 3.10. The molecular weight excluding hydrogens is 246 g/mol. The van der Waals surface area contributed by atoms with Crippen LogP contribution in [0.3, 0.4) is 0 Å². The zero-order valence-electron chi connectivity index (χ0n) is 12.1. The molecule has 0 atom stereocenters. The van der Waals surface area contributed by atoms with E-state index in [0.717, 1.165) is 23.2 Å². The molecule has 20 heavy (non-hydrogen) atoms. The van der Waals surface area contributed by atoms with Crippen LogP contribution >= 0.6 is 0 Å². The van der Waals surface area contributed by atoms with Crippen LogP contribution in [0.25, 0.3) is 5.70 Å². The van der Waals surface area contributed by atoms with Crippen molar-refractivity contribution in [1.29, 1.82) is 0 Å². The number of rotatable bonds is 6. The number of hydrogen-bond donors (Lipinski definition) is 1. The number of nitrogens with one attached hydrogen (secondary N) is 1. The highest BCUT2D eigenvalue weighted by atomic mass is 16.6. The smallest absolute Gasteiger partial charge is 0.0996 e. The number of hydrogen-bond acceptors (Lipinski definition) is 2. The maximum absolute atomic E-state index is 5.60. The van der Waals surface area contributed by atoms with Gasteiger partial charge in [0.05, 0.1) is 12.3 Å². The Morgan fingerprint density at radius 1 is 1.05 bits per heavy atom. The highest BCUT2D eigenvalue weighted by molar-refractivity contribution is 5.63. The van der Waals surface area contributed by atoms with Crippen molar-refractivity contribution in [2.75, 3.05) is 0 Å². The van der Waals surface area contributed by atoms with Crippen LogP contribution in [0.15, 0.2) is 60.7 Å². The molecule has 0 aliphatic rings. The second-order valence-electron chi connectivity index (χ2n) is 4.77. The summed E-state index contributed by atoms with van der Waals surface area (Å²) >= 11 is 0. The monoisotopic (exact) mass is 267 g/mol. The zero-order valence-corrected chi connectivity index (χ0v) is 12.1. The summed E-state index contributed by atoms with van der Waals surface area (Å²) in [4.78, 5) is 5.60. The van der Waals surface area contributed by atoms with E-state index >= 15 is 0 Å². The van der Waals surface area contributed by atoms with Gasteiger partial charge in [-0.15, -0.1) is 0 Å². The minimum atomic E-state index is 0.549. The topological polar surface area (TPSA) is 21.3 Å². The van der Waals surface area contributed by atoms with E-state index in [9.17, 15) is 0 Å². The van der Waals surface area contributed by atoms with Crippen LogP contribution in [0.1, 0.15) is 30.0 Å². The molecule has 0 aliphatic heterocycles. The first-order valence-electron chi connectivity index (χ1n) is 6.98. The third kappa shape index (κ3) is 4.25. The predicted octanol–water partition coefficient (Wildman–Crippen LogP) is 4.47. The maximum atomic E-state index is 5.60. The van der Waals surface area contributed by atoms with E-state index < -0.39 is 0 Å². The Bertz CT molecular complexity index is 543. The molecule has 2 heteroatoms. The molecule has 0 radical (unpaired) electrons. The van der Waals surface area contributed by atoms with E-state index in [1.165, 1.54) is 5.56 Å². The van der Waals surface area contributed by atoms with Gasteiger partial charge in [0.2, 0.25) is 0 Å². The fourth-order valence-electron chi connectivity index (χ4n) is 1.93. The average molecular weight is 267 g/mol. The largest absolute Gasteiger partial charge is 0.271 e. The van der Waals surface area contributed by atoms with Gasteiger partial charge in [-0.05, 0) is 24.5 Å². The normalized spacial score (nSPS) is 11.4. The van der Waals surface area contributed by atoms with Crippen molar-refractivity contribution in [2.24, 2.45) is 0 Å². The Balaban J connectivity index is 1.96. The SMILES string of the molecule is CCC=C(NOCc1ccccc1)c1ccc(C)cc1. The number of hydroxylamine groups is 1. The minimum Gasteiger partial charge on any atom is -0.271 e. The van der Waals surface area contributed by atoms with Gasteiger partial charge < -0.3 is 0 Å². The molecule has 2 aromatic rings. The van der Waals surface area contributed by atoms with Crippen molar-refractivity contribution in [3.63, 3.8) is 0 Å². The third-order valence-electron chi connectivity index (χ3n) is 3.03. The van der Waals surface area contributed by atoms with E-state index in [-0.39, 0.29) is 0 Å². The number of aryl methyl sites for hydroxylation is 1. The molecule has 2 aromatic carbocycles. The second kappa shape index (κ2) is 7.51. The zero-order chi connectivity index (χ0) is 14.2. The van der Waals surface area contributed by atoms with Gasteiger partial charge in [0.15, 0.2) is 0 Å². The van der Waals surface area contributed by atoms with Crippen molar-refractivity contribution in [3.05, 3.63) is 77.4 Å². The van der Waals surface area contributed by atoms with E-state index in [4.69, 9.17) is 4.84 Å². The Hall–Kier alpha value is -2.06. The summed E-state index contributed by atoms with van der Waals surface area (Å²) in [6, 6.07) is 18.6. The van der Waals surface area contributed by atoms with Gasteiger partial charge in [-0.1, -0.05) is 73.2 Å². The average Bonchev–Trinajstić information content (AvgIpc) is 2.48. The van der Waals surface area contributed by atoms with Crippen LogP contribution in [-0.2, 0) is 11.4 Å². The van der Waals surface area contributed by atoms with Gasteiger partial charge in [-0.3, -0.25) is 10.3 Å². The van der Waals surface area contributed by atoms with Gasteiger partial charge in [0.25, 0.3) is 0 Å². The van der Waals surface area contributed by atoms with Gasteiger partial charge >= 0.3 is 0 Å². The summed E-state index contributed by atoms with van der Waals surface area (Å²) < 4.78 is 0. The number of allylic oxidation sites excluding steroid dienone is 1. The molecule has 0 amide bonds. The molecule has 104 valence electrons. The molecule has 2 nitrogen and oxygen atoms in total. The van der Waals surface area contributed by atoms with Crippen molar-refractivity contribution >= 4 is 5.70 Å². The second-order valence-corrected chi connectivity index (χ2v) is 4.77. The molecule has 0 spiro atoms. The summed E-state index contributed by atoms with van der Waals surface area (Å²) in [5.74, 6) is 0. The third-order valence-corrected chi connectivity index (χ3v) is 3.03. The summed E-state index contributed by atoms with van der Waals surface area (Å²) in [5, 5.41) is 0. The molecular formula is C18H21NO. The fourth-order valence-corrected chi connectivity index (χ4v) is 1.93. The summed E-state index contributed by atoms with van der Waals surface area (Å²) in [5.41, 5.74) is 7.64. The first-order chi connectivity index (χ1) is 9.79. The Morgan fingerprint density at radius 3 is 2.40 bits per heavy atom. The van der Waals surface area contributed by atoms with Gasteiger partial charge in [-0.2, -0.15) is 0 Å². The van der Waals surface area contributed by atoms with Crippen LogP contribution in [0.2, 0.25) is 0 Å². The van der Waals surface area contributed by atoms with Gasteiger partial charge in [-0.25, -0.2) is 0 Å². The van der Waals surface area contributed by atoms with Crippen LogP contribution in [-0.4, -0.2) is 0 Å². The van der Waals surface area contributed by atoms with Crippen LogP contribution in [0.4, 0.5) is 0 Å². The van der Waals surface area contributed by atoms with E-state index in [1.807, 2.05) is 18.2 Å². The molecule has 1 N–H and O–H groups in total. The molecule has 0 aliphatic carbocycles. The quantitative estimate of drug-likeness (QED) is 0.780. The molecule has 0 heterocycles. The maximum Gasteiger partial charge on any atom is 0.0996 e. The Labute approximate surface area is 121 Å². The van der Waals surface area contributed by atoms with Crippen molar-refractivity contribution in [3.8, 4) is 0 Å². The predicted molar refractivity (Wildman–Crippen MR) is 83.8 cm³/mol. The molecule has 0 fully saturated rings. The van der Waals surface area contributed by atoms with E-state index in [0.29, 0.717) is 6.61 Å². The van der Waals surface area contributed by atoms with Crippen molar-refractivity contribution in [2.45, 2.75) is 26.9 Å². The first kappa shape index (κ1) is 14.4. The number of benzene rings is 2. The lowest BCUT2D eigenvalue weighted by Crippen LogP contribution is -2.13. The van der Waals surface area contributed by atoms with Crippen LogP contribution in [0, 0.1) is 6.92 Å². The van der Waals surface area contributed by atoms with Crippen molar-refractivity contribution in [1.82, 2.24) is 5.48 Å². The highest BCUT2D eigenvalue weighted by Crippen LogP contribution is 2.14. The van der Waals surface area contributed by atoms with Crippen LogP contribution in [0.5, 0.6) is 0 Å². The minimum absolute atomic E-state index is 0.549. The molecule has 0 aromatic heterocycles. The van der Waals surface area contributed by atoms with Gasteiger partial charge in [0.1, 0.15) is 0 Å². The standard InChI is InChI=1S/C18H21NO/c1-3-7-18(17-12-10-15(2)11-13-17)19-20-14-16-8-5-4-6-9-16/h4-13,19H,3,14H2,1-2H3. The van der Waals surface area contributed by atoms with Crippen molar-refractivity contribution < 1.29 is 4.84 Å².